The third-order valence-corrected chi connectivity index (χ3v) is 7.99. The van der Waals surface area contributed by atoms with Crippen LogP contribution >= 0.6 is 0 Å². The number of sulfone groups is 1. The molecule has 0 spiro atoms. The zero-order chi connectivity index (χ0) is 25.0. The Balaban J connectivity index is 1.51. The number of hydrogen-bond acceptors (Lipinski definition) is 8. The minimum absolute atomic E-state index is 0.0590. The van der Waals surface area contributed by atoms with Crippen LogP contribution in [0.2, 0.25) is 0 Å². The quantitative estimate of drug-likeness (QED) is 0.444. The number of rotatable bonds is 9. The first kappa shape index (κ1) is 25.1. The molecule has 0 radical (unpaired) electrons. The molecular weight excluding hydrogens is 464 g/mol. The number of piperazine rings is 1. The maximum absolute atomic E-state index is 13.1. The molecular formula is C25H34N6O3S. The number of hydrogen-bond donors (Lipinski definition) is 0. The van der Waals surface area contributed by atoms with Gasteiger partial charge in [0.2, 0.25) is 0 Å². The van der Waals surface area contributed by atoms with Crippen LogP contribution in [0.15, 0.2) is 53.4 Å². The molecule has 1 aliphatic heterocycles. The molecule has 1 aliphatic rings. The largest absolute Gasteiger partial charge is 0.497 e. The minimum atomic E-state index is -3.58. The number of nitrogens with zero attached hydrogens (tertiary/aromatic N) is 6. The van der Waals surface area contributed by atoms with Crippen LogP contribution in [0.5, 0.6) is 5.75 Å². The molecule has 10 heteroatoms. The Morgan fingerprint density at radius 2 is 1.63 bits per heavy atom. The Hall–Kier alpha value is -2.98. The van der Waals surface area contributed by atoms with Crippen LogP contribution in [0.1, 0.15) is 37.7 Å². The molecule has 9 nitrogen and oxygen atoms in total. The van der Waals surface area contributed by atoms with Crippen LogP contribution in [0, 0.1) is 12.8 Å². The summed E-state index contributed by atoms with van der Waals surface area (Å²) in [6.45, 7) is 9.66. The number of tetrazole rings is 1. The van der Waals surface area contributed by atoms with E-state index in [0.29, 0.717) is 11.7 Å². The molecule has 0 amide bonds. The average Bonchev–Trinajstić information content (AvgIpc) is 3.30. The van der Waals surface area contributed by atoms with E-state index < -0.39 is 9.84 Å². The van der Waals surface area contributed by atoms with Crippen LogP contribution < -0.4 is 9.64 Å². The second-order valence-corrected chi connectivity index (χ2v) is 11.4. The Bertz CT molecular complexity index is 1200. The van der Waals surface area contributed by atoms with Crippen molar-refractivity contribution in [1.82, 2.24) is 25.1 Å². The highest BCUT2D eigenvalue weighted by molar-refractivity contribution is 7.90. The van der Waals surface area contributed by atoms with E-state index in [2.05, 4.69) is 51.3 Å². The molecule has 3 aromatic rings. The normalized spacial score (nSPS) is 16.0. The molecule has 2 heterocycles. The van der Waals surface area contributed by atoms with Crippen LogP contribution in [0.4, 0.5) is 5.69 Å². The summed E-state index contributed by atoms with van der Waals surface area (Å²) in [4.78, 5) is 5.01. The zero-order valence-corrected chi connectivity index (χ0v) is 21.6. The Morgan fingerprint density at radius 3 is 2.23 bits per heavy atom. The van der Waals surface area contributed by atoms with Crippen molar-refractivity contribution in [3.8, 4) is 5.75 Å². The molecule has 0 bridgehead atoms. The van der Waals surface area contributed by atoms with Crippen molar-refractivity contribution >= 4 is 15.5 Å². The van der Waals surface area contributed by atoms with Gasteiger partial charge in [0.1, 0.15) is 5.75 Å². The highest BCUT2D eigenvalue weighted by Crippen LogP contribution is 2.29. The van der Waals surface area contributed by atoms with Gasteiger partial charge in [-0.2, -0.15) is 0 Å². The number of methoxy groups -OCH3 is 1. The van der Waals surface area contributed by atoms with Crippen molar-refractivity contribution in [2.24, 2.45) is 5.92 Å². The van der Waals surface area contributed by atoms with Gasteiger partial charge in [0.15, 0.2) is 21.5 Å². The number of ether oxygens (including phenoxy) is 1. The lowest BCUT2D eigenvalue weighted by atomic mass is 10.0. The summed E-state index contributed by atoms with van der Waals surface area (Å²) in [7, 11) is -1.91. The average molecular weight is 499 g/mol. The lowest BCUT2D eigenvalue weighted by molar-refractivity contribution is 0.153. The molecule has 1 saturated heterocycles. The van der Waals surface area contributed by atoms with E-state index in [1.807, 2.05) is 19.1 Å². The predicted molar refractivity (Wildman–Crippen MR) is 135 cm³/mol. The smallest absolute Gasteiger partial charge is 0.198 e. The number of anilines is 1. The number of aryl methyl sites for hydroxylation is 1. The predicted octanol–water partition coefficient (Wildman–Crippen LogP) is 3.33. The molecule has 0 N–H and O–H groups in total. The van der Waals surface area contributed by atoms with E-state index >= 15 is 0 Å². The fraction of sp³-hybridized carbons (Fsp3) is 0.480. The summed E-state index contributed by atoms with van der Waals surface area (Å²) in [5, 5.41) is 12.2. The number of benzene rings is 2. The SMILES string of the molecule is COc1ccc(N2CCN([C@H](CC(C)C)c3nnnn3CS(=O)(=O)c3ccc(C)cc3)CC2)cc1. The molecule has 1 atom stereocenters. The standard InChI is InChI=1S/C25H34N6O3S/c1-19(2)17-24(30-15-13-29(14-16-30)21-7-9-22(34-4)10-8-21)25-26-27-28-31(25)18-35(32,33)23-11-5-20(3)6-12-23/h5-12,19,24H,13-18H2,1-4H3/t24-/m1/s1. The summed E-state index contributed by atoms with van der Waals surface area (Å²) in [6, 6.07) is 14.9. The summed E-state index contributed by atoms with van der Waals surface area (Å²) in [5.41, 5.74) is 2.18. The van der Waals surface area contributed by atoms with Crippen LogP contribution in [0.25, 0.3) is 0 Å². The van der Waals surface area contributed by atoms with Gasteiger partial charge in [-0.05, 0) is 66.1 Å². The third kappa shape index (κ3) is 5.99. The molecule has 35 heavy (non-hydrogen) atoms. The van der Waals surface area contributed by atoms with Gasteiger partial charge in [0.05, 0.1) is 18.0 Å². The van der Waals surface area contributed by atoms with Gasteiger partial charge in [0, 0.05) is 31.9 Å². The Kier molecular flexibility index (Phi) is 7.71. The van der Waals surface area contributed by atoms with Crippen molar-refractivity contribution in [2.75, 3.05) is 38.2 Å². The summed E-state index contributed by atoms with van der Waals surface area (Å²) >= 11 is 0. The van der Waals surface area contributed by atoms with E-state index in [4.69, 9.17) is 4.74 Å². The van der Waals surface area contributed by atoms with Gasteiger partial charge >= 0.3 is 0 Å². The second kappa shape index (κ2) is 10.7. The molecule has 0 aliphatic carbocycles. The lowest BCUT2D eigenvalue weighted by Gasteiger charge is -2.40. The van der Waals surface area contributed by atoms with Crippen molar-refractivity contribution in [2.45, 2.75) is 44.0 Å². The Labute approximate surface area is 207 Å². The van der Waals surface area contributed by atoms with E-state index in [1.165, 1.54) is 10.4 Å². The van der Waals surface area contributed by atoms with E-state index in [0.717, 1.165) is 43.9 Å². The highest BCUT2D eigenvalue weighted by atomic mass is 32.2. The minimum Gasteiger partial charge on any atom is -0.497 e. The van der Waals surface area contributed by atoms with Gasteiger partial charge in [-0.3, -0.25) is 4.90 Å². The molecule has 0 unspecified atom stereocenters. The molecule has 1 aromatic heterocycles. The van der Waals surface area contributed by atoms with Crippen LogP contribution in [-0.4, -0.2) is 66.8 Å². The van der Waals surface area contributed by atoms with E-state index in [9.17, 15) is 8.42 Å². The van der Waals surface area contributed by atoms with Gasteiger partial charge in [-0.1, -0.05) is 31.5 Å². The topological polar surface area (TPSA) is 93.4 Å². The Morgan fingerprint density at radius 1 is 0.971 bits per heavy atom. The van der Waals surface area contributed by atoms with E-state index in [-0.39, 0.29) is 16.8 Å². The first-order valence-electron chi connectivity index (χ1n) is 12.0. The van der Waals surface area contributed by atoms with Crippen molar-refractivity contribution in [3.05, 3.63) is 59.9 Å². The highest BCUT2D eigenvalue weighted by Gasteiger charge is 2.31. The van der Waals surface area contributed by atoms with Crippen LogP contribution in [-0.2, 0) is 15.7 Å². The first-order valence-corrected chi connectivity index (χ1v) is 13.6. The summed E-state index contributed by atoms with van der Waals surface area (Å²) in [5.74, 6) is 1.57. The van der Waals surface area contributed by atoms with Crippen molar-refractivity contribution in [3.63, 3.8) is 0 Å². The van der Waals surface area contributed by atoms with Gasteiger partial charge in [0.25, 0.3) is 0 Å². The fourth-order valence-electron chi connectivity index (χ4n) is 4.47. The third-order valence-electron chi connectivity index (χ3n) is 6.42. The van der Waals surface area contributed by atoms with Crippen LogP contribution in [0.3, 0.4) is 0 Å². The zero-order valence-electron chi connectivity index (χ0n) is 20.8. The molecule has 4 rings (SSSR count). The molecule has 1 fully saturated rings. The monoisotopic (exact) mass is 498 g/mol. The maximum atomic E-state index is 13.1. The second-order valence-electron chi connectivity index (χ2n) is 9.46. The number of aromatic nitrogens is 4. The first-order chi connectivity index (χ1) is 16.8. The fourth-order valence-corrected chi connectivity index (χ4v) is 5.68. The van der Waals surface area contributed by atoms with Crippen molar-refractivity contribution < 1.29 is 13.2 Å². The summed E-state index contributed by atoms with van der Waals surface area (Å²) < 4.78 is 32.9. The molecule has 0 saturated carbocycles. The van der Waals surface area contributed by atoms with Gasteiger partial charge in [-0.15, -0.1) is 5.10 Å². The van der Waals surface area contributed by atoms with Gasteiger partial charge < -0.3 is 9.64 Å². The maximum Gasteiger partial charge on any atom is 0.198 e. The molecule has 188 valence electrons. The van der Waals surface area contributed by atoms with Crippen molar-refractivity contribution in [1.29, 1.82) is 0 Å². The van der Waals surface area contributed by atoms with E-state index in [1.54, 1.807) is 31.4 Å². The lowest BCUT2D eigenvalue weighted by Crippen LogP contribution is -2.48. The van der Waals surface area contributed by atoms with Gasteiger partial charge in [-0.25, -0.2) is 13.1 Å². The molecule has 2 aromatic carbocycles. The summed E-state index contributed by atoms with van der Waals surface area (Å²) in [6.07, 6.45) is 0.841.